The Kier molecular flexibility index (Phi) is 28.2. The lowest BCUT2D eigenvalue weighted by Gasteiger charge is -2.29. The molecule has 0 aromatic heterocycles. The smallest absolute Gasteiger partial charge is 0.168 e. The fourth-order valence-electron chi connectivity index (χ4n) is 7.99. The average molecular weight is 696 g/mol. The molecular weight excluding hydrogens is 611 g/mol. The van der Waals surface area contributed by atoms with Crippen LogP contribution in [0.15, 0.2) is 48.6 Å². The maximum absolute atomic E-state index is 6.89. The molecule has 0 N–H and O–H groups in total. The summed E-state index contributed by atoms with van der Waals surface area (Å²) in [6.45, 7) is 5.36. The minimum Gasteiger partial charge on any atom is -0.347 e. The number of ether oxygens (including phenoxy) is 2. The summed E-state index contributed by atoms with van der Waals surface area (Å²) in [6, 6.07) is 0.753. The molecule has 2 aliphatic rings. The molecule has 3 atom stereocenters. The monoisotopic (exact) mass is 696 g/mol. The highest BCUT2D eigenvalue weighted by molar-refractivity contribution is 4.93. The molecule has 3 heteroatoms. The van der Waals surface area contributed by atoms with E-state index in [1.54, 1.807) is 0 Å². The van der Waals surface area contributed by atoms with Crippen molar-refractivity contribution < 1.29 is 9.47 Å². The lowest BCUT2D eigenvalue weighted by molar-refractivity contribution is -0.180. The fourth-order valence-corrected chi connectivity index (χ4v) is 7.99. The number of allylic oxidation sites excluding steroid dienone is 8. The van der Waals surface area contributed by atoms with E-state index in [0.29, 0.717) is 6.10 Å². The Morgan fingerprint density at radius 1 is 0.540 bits per heavy atom. The number of nitrogens with zero attached hydrogens (tertiary/aromatic N) is 1. The topological polar surface area (TPSA) is 21.7 Å². The predicted molar refractivity (Wildman–Crippen MR) is 221 cm³/mol. The van der Waals surface area contributed by atoms with Crippen LogP contribution in [-0.4, -0.2) is 43.5 Å². The second-order valence-corrected chi connectivity index (χ2v) is 16.2. The van der Waals surface area contributed by atoms with Gasteiger partial charge in [0.15, 0.2) is 5.79 Å². The zero-order valence-corrected chi connectivity index (χ0v) is 34.0. The third-order valence-electron chi connectivity index (χ3n) is 11.3. The molecule has 1 aliphatic heterocycles. The van der Waals surface area contributed by atoms with Crippen molar-refractivity contribution in [3.05, 3.63) is 48.6 Å². The first-order valence-corrected chi connectivity index (χ1v) is 22.2. The Morgan fingerprint density at radius 2 is 0.980 bits per heavy atom. The van der Waals surface area contributed by atoms with Gasteiger partial charge in [0.25, 0.3) is 0 Å². The summed E-state index contributed by atoms with van der Waals surface area (Å²) in [6.07, 6.45) is 57.7. The zero-order valence-electron chi connectivity index (χ0n) is 34.0. The molecule has 1 heterocycles. The van der Waals surface area contributed by atoms with Gasteiger partial charge in [-0.05, 0) is 123 Å². The van der Waals surface area contributed by atoms with Crippen molar-refractivity contribution in [3.63, 3.8) is 0 Å². The van der Waals surface area contributed by atoms with Gasteiger partial charge in [0.1, 0.15) is 0 Å². The first-order valence-electron chi connectivity index (χ1n) is 22.2. The van der Waals surface area contributed by atoms with Crippen LogP contribution in [0.4, 0.5) is 0 Å². The summed E-state index contributed by atoms with van der Waals surface area (Å²) in [5.41, 5.74) is 0. The van der Waals surface area contributed by atoms with Crippen molar-refractivity contribution in [1.29, 1.82) is 0 Å². The van der Waals surface area contributed by atoms with E-state index in [2.05, 4.69) is 81.5 Å². The number of rotatable bonds is 33. The predicted octanol–water partition coefficient (Wildman–Crippen LogP) is 14.6. The van der Waals surface area contributed by atoms with Crippen molar-refractivity contribution in [2.75, 3.05) is 20.7 Å². The second kappa shape index (κ2) is 31.4. The van der Waals surface area contributed by atoms with Gasteiger partial charge in [0.2, 0.25) is 0 Å². The highest BCUT2D eigenvalue weighted by Gasteiger charge is 2.42. The Morgan fingerprint density at radius 3 is 1.42 bits per heavy atom. The van der Waals surface area contributed by atoms with E-state index in [1.807, 2.05) is 0 Å². The molecule has 2 fully saturated rings. The van der Waals surface area contributed by atoms with Crippen LogP contribution >= 0.6 is 0 Å². The number of hydrogen-bond donors (Lipinski definition) is 0. The quantitative estimate of drug-likeness (QED) is 0.0504. The molecule has 1 saturated carbocycles. The summed E-state index contributed by atoms with van der Waals surface area (Å²) in [5.74, 6) is 0.491. The Hall–Kier alpha value is -1.16. The largest absolute Gasteiger partial charge is 0.347 e. The van der Waals surface area contributed by atoms with Gasteiger partial charge in [-0.2, -0.15) is 0 Å². The molecule has 0 spiro atoms. The molecule has 3 nitrogen and oxygen atoms in total. The SMILES string of the molecule is CCCCCC=CCC=CCCCCCCCCC1(CCCCCCCCC=CCC=CCCCCC)OCC(CC2CCC(N(C)C)C2)O1. The maximum atomic E-state index is 6.89. The van der Waals surface area contributed by atoms with Gasteiger partial charge in [0, 0.05) is 18.9 Å². The molecule has 0 aromatic carbocycles. The normalized spacial score (nSPS) is 23.0. The third-order valence-corrected chi connectivity index (χ3v) is 11.3. The average Bonchev–Trinajstić information content (AvgIpc) is 3.75. The lowest BCUT2D eigenvalue weighted by atomic mass is 9.98. The molecule has 1 saturated heterocycles. The summed E-state index contributed by atoms with van der Waals surface area (Å²) >= 11 is 0. The van der Waals surface area contributed by atoms with Gasteiger partial charge < -0.3 is 14.4 Å². The van der Waals surface area contributed by atoms with Crippen LogP contribution in [0, 0.1) is 5.92 Å². The highest BCUT2D eigenvalue weighted by Crippen LogP contribution is 2.39. The van der Waals surface area contributed by atoms with Crippen LogP contribution < -0.4 is 0 Å². The van der Waals surface area contributed by atoms with Crippen molar-refractivity contribution in [3.8, 4) is 0 Å². The first kappa shape index (κ1) is 45.0. The van der Waals surface area contributed by atoms with Crippen LogP contribution in [0.1, 0.15) is 206 Å². The minimum atomic E-state index is -0.311. The van der Waals surface area contributed by atoms with E-state index in [9.17, 15) is 0 Å². The highest BCUT2D eigenvalue weighted by atomic mass is 16.7. The summed E-state index contributed by atoms with van der Waals surface area (Å²) < 4.78 is 13.5. The van der Waals surface area contributed by atoms with Crippen molar-refractivity contribution in [2.45, 2.75) is 224 Å². The molecule has 0 radical (unpaired) electrons. The van der Waals surface area contributed by atoms with Gasteiger partial charge >= 0.3 is 0 Å². The number of hydrogen-bond acceptors (Lipinski definition) is 3. The lowest BCUT2D eigenvalue weighted by Crippen LogP contribution is -2.31. The minimum absolute atomic E-state index is 0.301. The van der Waals surface area contributed by atoms with Gasteiger partial charge in [-0.3, -0.25) is 0 Å². The van der Waals surface area contributed by atoms with E-state index in [0.717, 1.165) is 44.2 Å². The van der Waals surface area contributed by atoms with Gasteiger partial charge in [0.05, 0.1) is 12.7 Å². The van der Waals surface area contributed by atoms with Crippen LogP contribution in [-0.2, 0) is 9.47 Å². The molecule has 2 rings (SSSR count). The molecule has 0 amide bonds. The third kappa shape index (κ3) is 23.4. The van der Waals surface area contributed by atoms with Crippen LogP contribution in [0.3, 0.4) is 0 Å². The first-order chi connectivity index (χ1) is 24.6. The molecule has 290 valence electrons. The molecular formula is C47H85NO2. The van der Waals surface area contributed by atoms with Crippen molar-refractivity contribution >= 4 is 0 Å². The van der Waals surface area contributed by atoms with E-state index < -0.39 is 0 Å². The van der Waals surface area contributed by atoms with Gasteiger partial charge in [-0.1, -0.05) is 140 Å². The number of unbranched alkanes of at least 4 members (excludes halogenated alkanes) is 18. The van der Waals surface area contributed by atoms with Gasteiger partial charge in [-0.25, -0.2) is 0 Å². The molecule has 0 bridgehead atoms. The van der Waals surface area contributed by atoms with E-state index in [-0.39, 0.29) is 5.79 Å². The molecule has 0 aromatic rings. The second-order valence-electron chi connectivity index (χ2n) is 16.2. The standard InChI is InChI=1S/C47H85NO2/c1-5-7-9-11-13-15-17-19-21-23-25-27-29-31-33-35-39-47(49-43-46(50-47)42-44-37-38-45(41-44)48(3)4)40-36-34-32-30-28-26-24-22-20-18-16-14-12-10-8-6-2/h13-16,19-22,44-46H,5-12,17-18,23-43H2,1-4H3. The summed E-state index contributed by atoms with van der Waals surface area (Å²) in [5, 5.41) is 0. The summed E-state index contributed by atoms with van der Waals surface area (Å²) in [7, 11) is 4.49. The Bertz CT molecular complexity index is 824. The molecule has 50 heavy (non-hydrogen) atoms. The van der Waals surface area contributed by atoms with Crippen LogP contribution in [0.5, 0.6) is 0 Å². The van der Waals surface area contributed by atoms with Crippen molar-refractivity contribution in [2.24, 2.45) is 5.92 Å². The van der Waals surface area contributed by atoms with Gasteiger partial charge in [-0.15, -0.1) is 0 Å². The summed E-state index contributed by atoms with van der Waals surface area (Å²) in [4.78, 5) is 2.42. The fraction of sp³-hybridized carbons (Fsp3) is 0.830. The van der Waals surface area contributed by atoms with Crippen molar-refractivity contribution in [1.82, 2.24) is 4.90 Å². The van der Waals surface area contributed by atoms with E-state index in [1.165, 1.54) is 167 Å². The zero-order chi connectivity index (χ0) is 35.8. The molecule has 3 unspecified atom stereocenters. The maximum Gasteiger partial charge on any atom is 0.168 e. The van der Waals surface area contributed by atoms with Crippen LogP contribution in [0.2, 0.25) is 0 Å². The Labute approximate surface area is 313 Å². The van der Waals surface area contributed by atoms with E-state index in [4.69, 9.17) is 9.47 Å². The van der Waals surface area contributed by atoms with Crippen LogP contribution in [0.25, 0.3) is 0 Å². The Balaban J connectivity index is 1.60. The molecule has 1 aliphatic carbocycles. The van der Waals surface area contributed by atoms with E-state index >= 15 is 0 Å².